The monoisotopic (exact) mass is 255 g/mol. The summed E-state index contributed by atoms with van der Waals surface area (Å²) in [6, 6.07) is 3.38. The summed E-state index contributed by atoms with van der Waals surface area (Å²) in [5.74, 6) is -2.06. The third-order valence-electron chi connectivity index (χ3n) is 2.96. The van der Waals surface area contributed by atoms with Gasteiger partial charge in [-0.1, -0.05) is 26.7 Å². The minimum Gasteiger partial charge on any atom is -0.326 e. The summed E-state index contributed by atoms with van der Waals surface area (Å²) in [5.41, 5.74) is 0.300. The second kappa shape index (κ2) is 7.09. The zero-order valence-corrected chi connectivity index (χ0v) is 10.8. The van der Waals surface area contributed by atoms with E-state index in [0.717, 1.165) is 37.8 Å². The van der Waals surface area contributed by atoms with Gasteiger partial charge < -0.3 is 5.32 Å². The Hall–Kier alpha value is -1.45. The average Bonchev–Trinajstić information content (AvgIpc) is 2.35. The Morgan fingerprint density at radius 2 is 2.00 bits per heavy atom. The van der Waals surface area contributed by atoms with Crippen LogP contribution in [0.15, 0.2) is 18.2 Å². The van der Waals surface area contributed by atoms with Crippen molar-refractivity contribution >= 4 is 11.6 Å². The van der Waals surface area contributed by atoms with Crippen molar-refractivity contribution < 1.29 is 13.6 Å². The summed E-state index contributed by atoms with van der Waals surface area (Å²) in [4.78, 5) is 11.9. The molecule has 1 amide bonds. The van der Waals surface area contributed by atoms with Gasteiger partial charge in [-0.3, -0.25) is 4.79 Å². The van der Waals surface area contributed by atoms with Crippen LogP contribution in [0.5, 0.6) is 0 Å². The Bertz CT molecular complexity index is 407. The van der Waals surface area contributed by atoms with Crippen LogP contribution in [0, 0.1) is 17.6 Å². The standard InChI is InChI=1S/C14H19F2NO/c1-3-5-6-10(4-2)14(18)17-11-7-8-12(15)13(16)9-11/h7-10H,3-6H2,1-2H3,(H,17,18). The molecule has 4 heteroatoms. The van der Waals surface area contributed by atoms with E-state index in [-0.39, 0.29) is 11.8 Å². The lowest BCUT2D eigenvalue weighted by Gasteiger charge is -2.14. The van der Waals surface area contributed by atoms with E-state index in [0.29, 0.717) is 5.69 Å². The van der Waals surface area contributed by atoms with Gasteiger partial charge in [-0.15, -0.1) is 0 Å². The molecule has 0 aliphatic rings. The maximum atomic E-state index is 13.0. The van der Waals surface area contributed by atoms with E-state index >= 15 is 0 Å². The average molecular weight is 255 g/mol. The van der Waals surface area contributed by atoms with Gasteiger partial charge in [-0.2, -0.15) is 0 Å². The van der Waals surface area contributed by atoms with Crippen LogP contribution in [0.1, 0.15) is 39.5 Å². The molecule has 0 fully saturated rings. The molecule has 0 radical (unpaired) electrons. The van der Waals surface area contributed by atoms with Crippen molar-refractivity contribution in [3.8, 4) is 0 Å². The van der Waals surface area contributed by atoms with Crippen LogP contribution in [0.4, 0.5) is 14.5 Å². The third-order valence-corrected chi connectivity index (χ3v) is 2.96. The highest BCUT2D eigenvalue weighted by Crippen LogP contribution is 2.17. The molecule has 0 heterocycles. The van der Waals surface area contributed by atoms with Crippen molar-refractivity contribution in [3.05, 3.63) is 29.8 Å². The smallest absolute Gasteiger partial charge is 0.227 e. The molecule has 1 unspecified atom stereocenters. The van der Waals surface area contributed by atoms with Crippen LogP contribution in [-0.2, 0) is 4.79 Å². The molecule has 1 N–H and O–H groups in total. The normalized spacial score (nSPS) is 12.2. The quantitative estimate of drug-likeness (QED) is 0.814. The molecule has 0 saturated carbocycles. The third kappa shape index (κ3) is 4.09. The molecule has 1 atom stereocenters. The summed E-state index contributed by atoms with van der Waals surface area (Å²) in [6.07, 6.45) is 3.59. The van der Waals surface area contributed by atoms with Gasteiger partial charge in [-0.05, 0) is 25.0 Å². The molecule has 0 bridgehead atoms. The van der Waals surface area contributed by atoms with Crippen LogP contribution < -0.4 is 5.32 Å². The Balaban J connectivity index is 2.64. The molecule has 1 aromatic rings. The van der Waals surface area contributed by atoms with Crippen molar-refractivity contribution in [3.63, 3.8) is 0 Å². The Kier molecular flexibility index (Phi) is 5.75. The van der Waals surface area contributed by atoms with Crippen LogP contribution in [-0.4, -0.2) is 5.91 Å². The predicted octanol–water partition coefficient (Wildman–Crippen LogP) is 4.12. The fourth-order valence-corrected chi connectivity index (χ4v) is 1.79. The van der Waals surface area contributed by atoms with Gasteiger partial charge in [0.25, 0.3) is 0 Å². The van der Waals surface area contributed by atoms with Gasteiger partial charge in [0, 0.05) is 17.7 Å². The summed E-state index contributed by atoms with van der Waals surface area (Å²) in [6.45, 7) is 4.02. The second-order valence-corrected chi connectivity index (χ2v) is 4.37. The minimum absolute atomic E-state index is 0.0712. The lowest BCUT2D eigenvalue weighted by molar-refractivity contribution is -0.120. The van der Waals surface area contributed by atoms with Crippen molar-refractivity contribution in [2.24, 2.45) is 5.92 Å². The molecule has 100 valence electrons. The fourth-order valence-electron chi connectivity index (χ4n) is 1.79. The number of benzene rings is 1. The highest BCUT2D eigenvalue weighted by atomic mass is 19.2. The van der Waals surface area contributed by atoms with Crippen LogP contribution in [0.2, 0.25) is 0 Å². The van der Waals surface area contributed by atoms with E-state index < -0.39 is 11.6 Å². The molecule has 0 aliphatic carbocycles. The number of carbonyl (C=O) groups is 1. The number of hydrogen-bond acceptors (Lipinski definition) is 1. The molecule has 0 saturated heterocycles. The first kappa shape index (κ1) is 14.6. The van der Waals surface area contributed by atoms with E-state index in [1.165, 1.54) is 6.07 Å². The van der Waals surface area contributed by atoms with E-state index in [2.05, 4.69) is 12.2 Å². The zero-order valence-electron chi connectivity index (χ0n) is 10.8. The first-order valence-corrected chi connectivity index (χ1v) is 6.34. The van der Waals surface area contributed by atoms with Crippen molar-refractivity contribution in [2.45, 2.75) is 39.5 Å². The van der Waals surface area contributed by atoms with Crippen LogP contribution in [0.25, 0.3) is 0 Å². The van der Waals surface area contributed by atoms with Crippen LogP contribution >= 0.6 is 0 Å². The Labute approximate surface area is 106 Å². The van der Waals surface area contributed by atoms with Gasteiger partial charge in [0.15, 0.2) is 11.6 Å². The highest BCUT2D eigenvalue weighted by molar-refractivity contribution is 5.92. The topological polar surface area (TPSA) is 29.1 Å². The van der Waals surface area contributed by atoms with Crippen LogP contribution in [0.3, 0.4) is 0 Å². The number of anilines is 1. The molecule has 1 aromatic carbocycles. The van der Waals surface area contributed by atoms with E-state index in [9.17, 15) is 13.6 Å². The summed E-state index contributed by atoms with van der Waals surface area (Å²) < 4.78 is 25.7. The second-order valence-electron chi connectivity index (χ2n) is 4.37. The number of carbonyl (C=O) groups excluding carboxylic acids is 1. The Morgan fingerprint density at radius 3 is 2.56 bits per heavy atom. The van der Waals surface area contributed by atoms with E-state index in [1.54, 1.807) is 0 Å². The maximum Gasteiger partial charge on any atom is 0.227 e. The first-order valence-electron chi connectivity index (χ1n) is 6.34. The fraction of sp³-hybridized carbons (Fsp3) is 0.500. The minimum atomic E-state index is -0.950. The zero-order chi connectivity index (χ0) is 13.5. The number of hydrogen-bond donors (Lipinski definition) is 1. The lowest BCUT2D eigenvalue weighted by Crippen LogP contribution is -2.22. The number of nitrogens with one attached hydrogen (secondary N) is 1. The van der Waals surface area contributed by atoms with Gasteiger partial charge in [0.2, 0.25) is 5.91 Å². The van der Waals surface area contributed by atoms with Crippen molar-refractivity contribution in [2.75, 3.05) is 5.32 Å². The molecular formula is C14H19F2NO. The summed E-state index contributed by atoms with van der Waals surface area (Å²) >= 11 is 0. The molecule has 1 rings (SSSR count). The predicted molar refractivity (Wildman–Crippen MR) is 68.3 cm³/mol. The molecule has 0 aliphatic heterocycles. The highest BCUT2D eigenvalue weighted by Gasteiger charge is 2.16. The van der Waals surface area contributed by atoms with E-state index in [4.69, 9.17) is 0 Å². The maximum absolute atomic E-state index is 13.0. The van der Waals surface area contributed by atoms with Crippen molar-refractivity contribution in [1.82, 2.24) is 0 Å². The molecule has 18 heavy (non-hydrogen) atoms. The lowest BCUT2D eigenvalue weighted by atomic mass is 9.98. The van der Waals surface area contributed by atoms with Gasteiger partial charge in [0.1, 0.15) is 0 Å². The van der Waals surface area contributed by atoms with Gasteiger partial charge >= 0.3 is 0 Å². The first-order chi connectivity index (χ1) is 8.58. The van der Waals surface area contributed by atoms with Crippen molar-refractivity contribution in [1.29, 1.82) is 0 Å². The van der Waals surface area contributed by atoms with Gasteiger partial charge in [-0.25, -0.2) is 8.78 Å². The number of rotatable bonds is 6. The molecule has 0 aromatic heterocycles. The molecule has 2 nitrogen and oxygen atoms in total. The summed E-state index contributed by atoms with van der Waals surface area (Å²) in [7, 11) is 0. The number of unbranched alkanes of at least 4 members (excludes halogenated alkanes) is 1. The summed E-state index contributed by atoms with van der Waals surface area (Å²) in [5, 5.41) is 2.62. The largest absolute Gasteiger partial charge is 0.326 e. The number of halogens is 2. The van der Waals surface area contributed by atoms with Gasteiger partial charge in [0.05, 0.1) is 0 Å². The van der Waals surface area contributed by atoms with E-state index in [1.807, 2.05) is 6.92 Å². The Morgan fingerprint density at radius 1 is 1.28 bits per heavy atom. The number of amides is 1. The molecular weight excluding hydrogens is 236 g/mol. The molecule has 0 spiro atoms. The SMILES string of the molecule is CCCCC(CC)C(=O)Nc1ccc(F)c(F)c1.